The van der Waals surface area contributed by atoms with Gasteiger partial charge in [-0.2, -0.15) is 0 Å². The van der Waals surface area contributed by atoms with Crippen LogP contribution in [0.5, 0.6) is 0 Å². The maximum atomic E-state index is 13.3. The van der Waals surface area contributed by atoms with Crippen molar-refractivity contribution in [2.45, 2.75) is 6.54 Å². The molecule has 0 heterocycles. The Morgan fingerprint density at radius 1 is 1.00 bits per heavy atom. The topological polar surface area (TPSA) is 29.1 Å². The first-order valence-corrected chi connectivity index (χ1v) is 7.33. The molecule has 0 atom stereocenters. The second-order valence-corrected chi connectivity index (χ2v) is 5.47. The Morgan fingerprint density at radius 3 is 2.52 bits per heavy atom. The highest BCUT2D eigenvalue weighted by Gasteiger charge is 2.15. The van der Waals surface area contributed by atoms with Crippen molar-refractivity contribution in [3.8, 4) is 0 Å². The summed E-state index contributed by atoms with van der Waals surface area (Å²) in [7, 11) is 0. The molecular formula is C18H12ClF2NO. The van der Waals surface area contributed by atoms with Crippen LogP contribution in [0.1, 0.15) is 15.9 Å². The van der Waals surface area contributed by atoms with Crippen molar-refractivity contribution in [2.75, 3.05) is 0 Å². The SMILES string of the molecule is O=C(NCc1cccc2ccccc12)c1cc(F)c(F)cc1Cl. The number of fused-ring (bicyclic) bond motifs is 1. The molecule has 0 aromatic heterocycles. The minimum absolute atomic E-state index is 0.0918. The van der Waals surface area contributed by atoms with E-state index < -0.39 is 17.5 Å². The molecule has 0 unspecified atom stereocenters. The molecule has 3 aromatic carbocycles. The van der Waals surface area contributed by atoms with E-state index in [1.165, 1.54) is 0 Å². The molecule has 3 aromatic rings. The number of carbonyl (C=O) groups excluding carboxylic acids is 1. The predicted octanol–water partition coefficient (Wildman–Crippen LogP) is 4.70. The van der Waals surface area contributed by atoms with Gasteiger partial charge in [0.1, 0.15) is 0 Å². The van der Waals surface area contributed by atoms with Gasteiger partial charge >= 0.3 is 0 Å². The van der Waals surface area contributed by atoms with Crippen molar-refractivity contribution in [3.05, 3.63) is 82.4 Å². The lowest BCUT2D eigenvalue weighted by molar-refractivity contribution is 0.0950. The van der Waals surface area contributed by atoms with Crippen LogP contribution >= 0.6 is 11.6 Å². The molecule has 0 fully saturated rings. The van der Waals surface area contributed by atoms with Gasteiger partial charge in [-0.25, -0.2) is 8.78 Å². The summed E-state index contributed by atoms with van der Waals surface area (Å²) < 4.78 is 26.3. The zero-order valence-corrected chi connectivity index (χ0v) is 12.7. The highest BCUT2D eigenvalue weighted by molar-refractivity contribution is 6.33. The average Bonchev–Trinajstić information content (AvgIpc) is 2.56. The smallest absolute Gasteiger partial charge is 0.253 e. The van der Waals surface area contributed by atoms with Crippen LogP contribution in [0.4, 0.5) is 8.78 Å². The van der Waals surface area contributed by atoms with Gasteiger partial charge in [0.2, 0.25) is 0 Å². The lowest BCUT2D eigenvalue weighted by atomic mass is 10.0. The monoisotopic (exact) mass is 331 g/mol. The first-order chi connectivity index (χ1) is 11.1. The summed E-state index contributed by atoms with van der Waals surface area (Å²) in [4.78, 5) is 12.2. The van der Waals surface area contributed by atoms with Gasteiger partial charge in [-0.15, -0.1) is 0 Å². The Hall–Kier alpha value is -2.46. The minimum Gasteiger partial charge on any atom is -0.348 e. The zero-order valence-electron chi connectivity index (χ0n) is 11.9. The Balaban J connectivity index is 1.83. The summed E-state index contributed by atoms with van der Waals surface area (Å²) in [6.07, 6.45) is 0. The average molecular weight is 332 g/mol. The van der Waals surface area contributed by atoms with E-state index in [-0.39, 0.29) is 17.1 Å². The number of rotatable bonds is 3. The van der Waals surface area contributed by atoms with Crippen molar-refractivity contribution < 1.29 is 13.6 Å². The molecule has 0 aliphatic rings. The molecule has 5 heteroatoms. The van der Waals surface area contributed by atoms with Crippen LogP contribution in [-0.2, 0) is 6.54 Å². The highest BCUT2D eigenvalue weighted by Crippen LogP contribution is 2.21. The van der Waals surface area contributed by atoms with E-state index in [4.69, 9.17) is 11.6 Å². The Labute approximate surface area is 136 Å². The number of halogens is 3. The third-order valence-electron chi connectivity index (χ3n) is 3.57. The molecule has 2 nitrogen and oxygen atoms in total. The second kappa shape index (κ2) is 6.34. The van der Waals surface area contributed by atoms with Crippen LogP contribution in [0.2, 0.25) is 5.02 Å². The first kappa shape index (κ1) is 15.4. The number of amides is 1. The summed E-state index contributed by atoms with van der Waals surface area (Å²) in [5.41, 5.74) is 0.834. The van der Waals surface area contributed by atoms with Crippen molar-refractivity contribution in [1.82, 2.24) is 5.32 Å². The largest absolute Gasteiger partial charge is 0.348 e. The number of hydrogen-bond acceptors (Lipinski definition) is 1. The molecule has 0 bridgehead atoms. The van der Waals surface area contributed by atoms with E-state index in [1.807, 2.05) is 42.5 Å². The Bertz CT molecular complexity index is 890. The molecule has 0 saturated carbocycles. The normalized spacial score (nSPS) is 10.7. The molecule has 0 radical (unpaired) electrons. The molecule has 3 rings (SSSR count). The minimum atomic E-state index is -1.11. The van der Waals surface area contributed by atoms with Crippen LogP contribution in [0.25, 0.3) is 10.8 Å². The van der Waals surface area contributed by atoms with Gasteiger partial charge in [-0.05, 0) is 28.5 Å². The maximum Gasteiger partial charge on any atom is 0.253 e. The standard InChI is InChI=1S/C18H12ClF2NO/c19-15-9-17(21)16(20)8-14(15)18(23)22-10-12-6-3-5-11-4-1-2-7-13(11)12/h1-9H,10H2,(H,22,23). The lowest BCUT2D eigenvalue weighted by Crippen LogP contribution is -2.23. The highest BCUT2D eigenvalue weighted by atomic mass is 35.5. The summed E-state index contributed by atoms with van der Waals surface area (Å²) in [5, 5.41) is 4.64. The Morgan fingerprint density at radius 2 is 1.70 bits per heavy atom. The van der Waals surface area contributed by atoms with Gasteiger partial charge in [0.05, 0.1) is 10.6 Å². The quantitative estimate of drug-likeness (QED) is 0.692. The number of hydrogen-bond donors (Lipinski definition) is 1. The molecule has 1 amide bonds. The van der Waals surface area contributed by atoms with Crippen molar-refractivity contribution in [2.24, 2.45) is 0 Å². The predicted molar refractivity (Wildman–Crippen MR) is 86.5 cm³/mol. The van der Waals surface area contributed by atoms with E-state index in [9.17, 15) is 13.6 Å². The summed E-state index contributed by atoms with van der Waals surface area (Å²) >= 11 is 5.81. The van der Waals surface area contributed by atoms with E-state index >= 15 is 0 Å². The van der Waals surface area contributed by atoms with Crippen LogP contribution in [-0.4, -0.2) is 5.91 Å². The summed E-state index contributed by atoms with van der Waals surface area (Å²) in [5.74, 6) is -2.74. The van der Waals surface area contributed by atoms with E-state index in [2.05, 4.69) is 5.32 Å². The van der Waals surface area contributed by atoms with Crippen molar-refractivity contribution >= 4 is 28.3 Å². The molecule has 23 heavy (non-hydrogen) atoms. The number of carbonyl (C=O) groups is 1. The van der Waals surface area contributed by atoms with Gasteiger partial charge in [0.25, 0.3) is 5.91 Å². The molecule has 0 aliphatic carbocycles. The van der Waals surface area contributed by atoms with Crippen LogP contribution in [0.3, 0.4) is 0 Å². The Kier molecular flexibility index (Phi) is 4.26. The van der Waals surface area contributed by atoms with E-state index in [1.54, 1.807) is 0 Å². The van der Waals surface area contributed by atoms with E-state index in [0.29, 0.717) is 0 Å². The van der Waals surface area contributed by atoms with Crippen molar-refractivity contribution in [3.63, 3.8) is 0 Å². The van der Waals surface area contributed by atoms with Gasteiger partial charge < -0.3 is 5.32 Å². The molecular weight excluding hydrogens is 320 g/mol. The molecule has 1 N–H and O–H groups in total. The number of benzene rings is 3. The second-order valence-electron chi connectivity index (χ2n) is 5.07. The fraction of sp³-hybridized carbons (Fsp3) is 0.0556. The molecule has 0 saturated heterocycles. The lowest BCUT2D eigenvalue weighted by Gasteiger charge is -2.10. The molecule has 0 aliphatic heterocycles. The van der Waals surface area contributed by atoms with Gasteiger partial charge in [-0.3, -0.25) is 4.79 Å². The summed E-state index contributed by atoms with van der Waals surface area (Å²) in [6, 6.07) is 15.2. The molecule has 0 spiro atoms. The van der Waals surface area contributed by atoms with E-state index in [0.717, 1.165) is 28.5 Å². The van der Waals surface area contributed by atoms with Crippen LogP contribution in [0.15, 0.2) is 54.6 Å². The van der Waals surface area contributed by atoms with Gasteiger partial charge in [0, 0.05) is 6.54 Å². The number of nitrogens with one attached hydrogen (secondary N) is 1. The summed E-state index contributed by atoms with van der Waals surface area (Å²) in [6.45, 7) is 0.259. The van der Waals surface area contributed by atoms with Crippen molar-refractivity contribution in [1.29, 1.82) is 0 Å². The van der Waals surface area contributed by atoms with Crippen LogP contribution < -0.4 is 5.32 Å². The van der Waals surface area contributed by atoms with Crippen LogP contribution in [0, 0.1) is 11.6 Å². The molecule has 116 valence electrons. The zero-order chi connectivity index (χ0) is 16.4. The fourth-order valence-corrected chi connectivity index (χ4v) is 2.65. The van der Waals surface area contributed by atoms with Gasteiger partial charge in [0.15, 0.2) is 11.6 Å². The third kappa shape index (κ3) is 3.17. The third-order valence-corrected chi connectivity index (χ3v) is 3.89. The fourth-order valence-electron chi connectivity index (χ4n) is 2.41. The van der Waals surface area contributed by atoms with Gasteiger partial charge in [-0.1, -0.05) is 54.1 Å². The maximum absolute atomic E-state index is 13.3. The first-order valence-electron chi connectivity index (χ1n) is 6.95.